The van der Waals surface area contributed by atoms with Gasteiger partial charge in [-0.3, -0.25) is 0 Å². The molecule has 0 bridgehead atoms. The van der Waals surface area contributed by atoms with Crippen molar-refractivity contribution in [3.8, 4) is 5.88 Å². The highest BCUT2D eigenvalue weighted by Crippen LogP contribution is 2.30. The third kappa shape index (κ3) is 3.10. The second-order valence-corrected chi connectivity index (χ2v) is 6.47. The topological polar surface area (TPSA) is 47.0 Å². The smallest absolute Gasteiger partial charge is 0.226 e. The number of hydrogen-bond donors (Lipinski definition) is 1. The number of fused-ring (bicyclic) bond motifs is 1. The number of anilines is 1. The molecule has 2 heterocycles. The Morgan fingerprint density at radius 3 is 3.10 bits per heavy atom. The summed E-state index contributed by atoms with van der Waals surface area (Å²) >= 11 is 1.91. The minimum atomic E-state index is 0.123. The highest BCUT2D eigenvalue weighted by Gasteiger charge is 2.14. The van der Waals surface area contributed by atoms with Gasteiger partial charge in [0.1, 0.15) is 0 Å². The summed E-state index contributed by atoms with van der Waals surface area (Å²) in [4.78, 5) is 11.5. The molecule has 1 aliphatic carbocycles. The summed E-state index contributed by atoms with van der Waals surface area (Å²) in [6, 6.07) is 4.10. The summed E-state index contributed by atoms with van der Waals surface area (Å²) in [7, 11) is 0. The molecule has 5 heteroatoms. The monoisotopic (exact) mass is 289 g/mol. The molecule has 0 spiro atoms. The van der Waals surface area contributed by atoms with Gasteiger partial charge < -0.3 is 10.1 Å². The second kappa shape index (κ2) is 5.79. The molecule has 4 nitrogen and oxygen atoms in total. The molecule has 0 radical (unpaired) electrons. The van der Waals surface area contributed by atoms with E-state index in [0.717, 1.165) is 6.54 Å². The van der Waals surface area contributed by atoms with Crippen LogP contribution in [0.1, 0.15) is 35.6 Å². The van der Waals surface area contributed by atoms with E-state index in [0.29, 0.717) is 11.8 Å². The molecule has 0 aromatic carbocycles. The van der Waals surface area contributed by atoms with Crippen LogP contribution in [0, 0.1) is 0 Å². The van der Waals surface area contributed by atoms with Crippen LogP contribution in [0.2, 0.25) is 0 Å². The lowest BCUT2D eigenvalue weighted by Crippen LogP contribution is -2.09. The molecule has 20 heavy (non-hydrogen) atoms. The van der Waals surface area contributed by atoms with Crippen LogP contribution >= 0.6 is 11.3 Å². The first-order valence-electron chi connectivity index (χ1n) is 7.05. The number of nitrogens with zero attached hydrogens (tertiary/aromatic N) is 2. The van der Waals surface area contributed by atoms with Gasteiger partial charge in [0.15, 0.2) is 0 Å². The molecule has 0 fully saturated rings. The average molecular weight is 289 g/mol. The second-order valence-electron chi connectivity index (χ2n) is 5.25. The summed E-state index contributed by atoms with van der Waals surface area (Å²) in [6.07, 6.45) is 5.64. The van der Waals surface area contributed by atoms with Crippen LogP contribution in [0.5, 0.6) is 5.88 Å². The van der Waals surface area contributed by atoms with E-state index in [4.69, 9.17) is 4.74 Å². The lowest BCUT2D eigenvalue weighted by atomic mass is 10.2. The average Bonchev–Trinajstić information content (AvgIpc) is 2.96. The lowest BCUT2D eigenvalue weighted by Gasteiger charge is -2.09. The van der Waals surface area contributed by atoms with E-state index < -0.39 is 0 Å². The SMILES string of the molecule is CC(C)Oc1ccnc(NCc2cc3c(s2)CCC3)n1. The number of ether oxygens (including phenoxy) is 1. The minimum Gasteiger partial charge on any atom is -0.475 e. The highest BCUT2D eigenvalue weighted by molar-refractivity contribution is 7.12. The van der Waals surface area contributed by atoms with Gasteiger partial charge in [-0.05, 0) is 44.7 Å². The van der Waals surface area contributed by atoms with Gasteiger partial charge in [-0.1, -0.05) is 0 Å². The van der Waals surface area contributed by atoms with Crippen molar-refractivity contribution in [1.82, 2.24) is 9.97 Å². The van der Waals surface area contributed by atoms with Gasteiger partial charge in [0.05, 0.1) is 12.6 Å². The molecule has 2 aromatic rings. The molecule has 3 rings (SSSR count). The zero-order valence-corrected chi connectivity index (χ0v) is 12.7. The summed E-state index contributed by atoms with van der Waals surface area (Å²) in [6.45, 7) is 4.76. The first kappa shape index (κ1) is 13.4. The van der Waals surface area contributed by atoms with Gasteiger partial charge in [-0.25, -0.2) is 4.98 Å². The lowest BCUT2D eigenvalue weighted by molar-refractivity contribution is 0.232. The molecular weight excluding hydrogens is 270 g/mol. The molecule has 0 atom stereocenters. The van der Waals surface area contributed by atoms with E-state index >= 15 is 0 Å². The minimum absolute atomic E-state index is 0.123. The Morgan fingerprint density at radius 1 is 1.40 bits per heavy atom. The van der Waals surface area contributed by atoms with Crippen LogP contribution in [-0.2, 0) is 19.4 Å². The third-order valence-corrected chi connectivity index (χ3v) is 4.44. The van der Waals surface area contributed by atoms with Crippen LogP contribution in [0.25, 0.3) is 0 Å². The first-order valence-corrected chi connectivity index (χ1v) is 7.86. The van der Waals surface area contributed by atoms with Crippen molar-refractivity contribution in [2.75, 3.05) is 5.32 Å². The van der Waals surface area contributed by atoms with Crippen molar-refractivity contribution in [3.05, 3.63) is 33.6 Å². The summed E-state index contributed by atoms with van der Waals surface area (Å²) in [5.74, 6) is 1.24. The molecule has 1 N–H and O–H groups in total. The largest absolute Gasteiger partial charge is 0.475 e. The van der Waals surface area contributed by atoms with Gasteiger partial charge in [0.25, 0.3) is 0 Å². The fraction of sp³-hybridized carbons (Fsp3) is 0.467. The van der Waals surface area contributed by atoms with Crippen LogP contribution in [-0.4, -0.2) is 16.1 Å². The van der Waals surface area contributed by atoms with E-state index in [-0.39, 0.29) is 6.10 Å². The summed E-state index contributed by atoms with van der Waals surface area (Å²) in [5.41, 5.74) is 1.53. The maximum Gasteiger partial charge on any atom is 0.226 e. The molecule has 0 unspecified atom stereocenters. The molecular formula is C15H19N3OS. The van der Waals surface area contributed by atoms with Crippen LogP contribution in [0.3, 0.4) is 0 Å². The van der Waals surface area contributed by atoms with Crippen LogP contribution in [0.15, 0.2) is 18.3 Å². The van der Waals surface area contributed by atoms with Gasteiger partial charge in [-0.2, -0.15) is 4.98 Å². The van der Waals surface area contributed by atoms with Crippen LogP contribution < -0.4 is 10.1 Å². The van der Waals surface area contributed by atoms with E-state index in [2.05, 4.69) is 21.4 Å². The molecule has 106 valence electrons. The van der Waals surface area contributed by atoms with Crippen LogP contribution in [0.4, 0.5) is 5.95 Å². The van der Waals surface area contributed by atoms with Gasteiger partial charge in [0.2, 0.25) is 11.8 Å². The van der Waals surface area contributed by atoms with Crippen molar-refractivity contribution in [2.45, 2.75) is 45.8 Å². The number of nitrogens with one attached hydrogen (secondary N) is 1. The standard InChI is InChI=1S/C15H19N3OS/c1-10(2)19-14-6-7-16-15(18-14)17-9-12-8-11-4-3-5-13(11)20-12/h6-8,10H,3-5,9H2,1-2H3,(H,16,17,18). The zero-order chi connectivity index (χ0) is 13.9. The molecule has 0 amide bonds. The predicted octanol–water partition coefficient (Wildman–Crippen LogP) is 3.43. The number of aryl methyl sites for hydroxylation is 2. The summed E-state index contributed by atoms with van der Waals surface area (Å²) < 4.78 is 5.57. The fourth-order valence-electron chi connectivity index (χ4n) is 2.38. The molecule has 2 aromatic heterocycles. The number of aromatic nitrogens is 2. The first-order chi connectivity index (χ1) is 9.70. The van der Waals surface area contributed by atoms with Crippen molar-refractivity contribution in [3.63, 3.8) is 0 Å². The number of hydrogen-bond acceptors (Lipinski definition) is 5. The van der Waals surface area contributed by atoms with Crippen molar-refractivity contribution in [2.24, 2.45) is 0 Å². The van der Waals surface area contributed by atoms with E-state index in [1.807, 2.05) is 25.2 Å². The Bertz CT molecular complexity index is 573. The zero-order valence-electron chi connectivity index (χ0n) is 11.8. The quantitative estimate of drug-likeness (QED) is 0.916. The molecule has 0 saturated heterocycles. The maximum absolute atomic E-state index is 5.57. The Hall–Kier alpha value is -1.62. The molecule has 0 aliphatic heterocycles. The van der Waals surface area contributed by atoms with E-state index in [1.165, 1.54) is 29.7 Å². The van der Waals surface area contributed by atoms with Crippen molar-refractivity contribution >= 4 is 17.3 Å². The van der Waals surface area contributed by atoms with E-state index in [9.17, 15) is 0 Å². The highest BCUT2D eigenvalue weighted by atomic mass is 32.1. The van der Waals surface area contributed by atoms with Crippen molar-refractivity contribution in [1.29, 1.82) is 0 Å². The van der Waals surface area contributed by atoms with Gasteiger partial charge in [-0.15, -0.1) is 11.3 Å². The Balaban J connectivity index is 1.62. The van der Waals surface area contributed by atoms with E-state index in [1.54, 1.807) is 17.1 Å². The number of rotatable bonds is 5. The maximum atomic E-state index is 5.57. The van der Waals surface area contributed by atoms with Gasteiger partial charge in [0, 0.05) is 22.0 Å². The Morgan fingerprint density at radius 2 is 2.30 bits per heavy atom. The summed E-state index contributed by atoms with van der Waals surface area (Å²) in [5, 5.41) is 3.27. The Labute approximate surface area is 123 Å². The molecule has 0 saturated carbocycles. The number of thiophene rings is 1. The van der Waals surface area contributed by atoms with Gasteiger partial charge >= 0.3 is 0 Å². The Kier molecular flexibility index (Phi) is 3.87. The molecule has 1 aliphatic rings. The van der Waals surface area contributed by atoms with Crippen molar-refractivity contribution < 1.29 is 4.74 Å². The third-order valence-electron chi connectivity index (χ3n) is 3.20. The predicted molar refractivity (Wildman–Crippen MR) is 81.5 cm³/mol. The fourth-order valence-corrected chi connectivity index (χ4v) is 3.58. The normalized spacial score (nSPS) is 13.6.